The number of hydrogen-bond donors (Lipinski definition) is 1. The van der Waals surface area contributed by atoms with Crippen molar-refractivity contribution in [3.05, 3.63) is 29.8 Å². The Labute approximate surface area is 110 Å². The first-order valence-electron chi connectivity index (χ1n) is 6.86. The molecule has 18 heavy (non-hydrogen) atoms. The lowest BCUT2D eigenvalue weighted by molar-refractivity contribution is 0.313. The van der Waals surface area contributed by atoms with Crippen molar-refractivity contribution in [3.8, 4) is 6.07 Å². The summed E-state index contributed by atoms with van der Waals surface area (Å²) in [7, 11) is 0. The van der Waals surface area contributed by atoms with E-state index in [0.717, 1.165) is 11.3 Å². The zero-order valence-electron chi connectivity index (χ0n) is 11.4. The number of nitrogens with zero attached hydrogens (tertiary/aromatic N) is 1. The molecule has 2 rings (SSSR count). The van der Waals surface area contributed by atoms with Crippen LogP contribution in [0.25, 0.3) is 0 Å². The van der Waals surface area contributed by atoms with Crippen LogP contribution in [0.1, 0.15) is 51.5 Å². The van der Waals surface area contributed by atoms with Crippen LogP contribution in [-0.4, -0.2) is 6.04 Å². The third-order valence-corrected chi connectivity index (χ3v) is 3.96. The number of nitrogens with one attached hydrogen (secondary N) is 1. The zero-order chi connectivity index (χ0) is 13.0. The third kappa shape index (κ3) is 3.50. The van der Waals surface area contributed by atoms with Gasteiger partial charge < -0.3 is 5.32 Å². The quantitative estimate of drug-likeness (QED) is 0.783. The number of hydrogen-bond acceptors (Lipinski definition) is 2. The minimum atomic E-state index is 0.501. The molecule has 0 radical (unpaired) electrons. The first kappa shape index (κ1) is 13.0. The second-order valence-electron chi connectivity index (χ2n) is 6.13. The van der Waals surface area contributed by atoms with Crippen molar-refractivity contribution in [2.45, 2.75) is 52.0 Å². The van der Waals surface area contributed by atoms with E-state index in [9.17, 15) is 0 Å². The highest BCUT2D eigenvalue weighted by atomic mass is 14.9. The predicted octanol–water partition coefficient (Wildman–Crippen LogP) is 4.33. The summed E-state index contributed by atoms with van der Waals surface area (Å²) in [5, 5.41) is 12.4. The first-order valence-corrected chi connectivity index (χ1v) is 6.86. The number of anilines is 1. The van der Waals surface area contributed by atoms with Crippen LogP contribution in [0.4, 0.5) is 5.69 Å². The topological polar surface area (TPSA) is 35.8 Å². The van der Waals surface area contributed by atoms with Crippen LogP contribution in [0.3, 0.4) is 0 Å². The monoisotopic (exact) mass is 242 g/mol. The van der Waals surface area contributed by atoms with Gasteiger partial charge in [0.15, 0.2) is 0 Å². The molecule has 0 aliphatic heterocycles. The molecule has 2 nitrogen and oxygen atoms in total. The molecule has 0 bridgehead atoms. The highest BCUT2D eigenvalue weighted by Crippen LogP contribution is 2.34. The van der Waals surface area contributed by atoms with Gasteiger partial charge in [0.25, 0.3) is 0 Å². The van der Waals surface area contributed by atoms with E-state index in [0.29, 0.717) is 11.5 Å². The van der Waals surface area contributed by atoms with Crippen LogP contribution in [0.15, 0.2) is 24.3 Å². The molecule has 0 heterocycles. The Morgan fingerprint density at radius 1 is 1.17 bits per heavy atom. The maximum absolute atomic E-state index is 8.77. The summed E-state index contributed by atoms with van der Waals surface area (Å²) in [6.07, 6.45) is 6.43. The molecular formula is C16H22N2. The Kier molecular flexibility index (Phi) is 3.91. The lowest BCUT2D eigenvalue weighted by Gasteiger charge is -2.22. The van der Waals surface area contributed by atoms with Crippen molar-refractivity contribution in [2.24, 2.45) is 5.41 Å². The van der Waals surface area contributed by atoms with Crippen molar-refractivity contribution in [1.29, 1.82) is 5.26 Å². The highest BCUT2D eigenvalue weighted by molar-refractivity contribution is 5.47. The molecule has 0 spiro atoms. The van der Waals surface area contributed by atoms with E-state index >= 15 is 0 Å². The summed E-state index contributed by atoms with van der Waals surface area (Å²) in [6, 6.07) is 10.5. The highest BCUT2D eigenvalue weighted by Gasteiger charge is 2.24. The van der Waals surface area contributed by atoms with Gasteiger partial charge in [0.05, 0.1) is 11.6 Å². The maximum Gasteiger partial charge on any atom is 0.0991 e. The summed E-state index contributed by atoms with van der Waals surface area (Å²) in [6.45, 7) is 4.74. The minimum Gasteiger partial charge on any atom is -0.382 e. The lowest BCUT2D eigenvalue weighted by Crippen LogP contribution is -2.19. The molecule has 1 saturated carbocycles. The first-order chi connectivity index (χ1) is 8.59. The van der Waals surface area contributed by atoms with Gasteiger partial charge in [-0.05, 0) is 55.4 Å². The molecule has 1 N–H and O–H groups in total. The molecule has 1 aliphatic carbocycles. The summed E-state index contributed by atoms with van der Waals surface area (Å²) in [4.78, 5) is 0. The molecule has 1 aliphatic rings. The largest absolute Gasteiger partial charge is 0.382 e. The van der Waals surface area contributed by atoms with E-state index < -0.39 is 0 Å². The Balaban J connectivity index is 1.95. The third-order valence-electron chi connectivity index (χ3n) is 3.96. The van der Waals surface area contributed by atoms with Crippen molar-refractivity contribution >= 4 is 5.69 Å². The summed E-state index contributed by atoms with van der Waals surface area (Å²) in [5.74, 6) is 0. The Morgan fingerprint density at radius 2 is 1.89 bits per heavy atom. The van der Waals surface area contributed by atoms with Crippen LogP contribution in [0.2, 0.25) is 0 Å². The molecule has 96 valence electrons. The fourth-order valence-corrected chi connectivity index (χ4v) is 2.68. The van der Waals surface area contributed by atoms with E-state index in [1.165, 1.54) is 32.1 Å². The SMILES string of the molecule is CC1(C)CCCC(Nc2ccc(C#N)cc2)CC1. The average molecular weight is 242 g/mol. The smallest absolute Gasteiger partial charge is 0.0991 e. The Hall–Kier alpha value is -1.49. The number of benzene rings is 1. The molecule has 0 saturated heterocycles. The summed E-state index contributed by atoms with van der Waals surface area (Å²) in [5.41, 5.74) is 2.36. The molecule has 1 aromatic carbocycles. The van der Waals surface area contributed by atoms with Gasteiger partial charge in [0.1, 0.15) is 0 Å². The Morgan fingerprint density at radius 3 is 2.56 bits per heavy atom. The van der Waals surface area contributed by atoms with E-state index in [1.54, 1.807) is 0 Å². The molecule has 2 heteroatoms. The standard InChI is InChI=1S/C16H22N2/c1-16(2)10-3-4-14(9-11-16)18-15-7-5-13(12-17)6-8-15/h5-8,14,18H,3-4,9-11H2,1-2H3. The fraction of sp³-hybridized carbons (Fsp3) is 0.562. The molecular weight excluding hydrogens is 220 g/mol. The van der Waals surface area contributed by atoms with Crippen LogP contribution >= 0.6 is 0 Å². The van der Waals surface area contributed by atoms with Gasteiger partial charge in [-0.1, -0.05) is 20.3 Å². The van der Waals surface area contributed by atoms with Crippen LogP contribution in [0, 0.1) is 16.7 Å². The second kappa shape index (κ2) is 5.44. The van der Waals surface area contributed by atoms with Gasteiger partial charge in [0, 0.05) is 11.7 Å². The molecule has 1 fully saturated rings. The summed E-state index contributed by atoms with van der Waals surface area (Å²) >= 11 is 0. The van der Waals surface area contributed by atoms with Gasteiger partial charge in [0.2, 0.25) is 0 Å². The van der Waals surface area contributed by atoms with Crippen molar-refractivity contribution in [1.82, 2.24) is 0 Å². The van der Waals surface area contributed by atoms with Gasteiger partial charge >= 0.3 is 0 Å². The van der Waals surface area contributed by atoms with E-state index in [4.69, 9.17) is 5.26 Å². The van der Waals surface area contributed by atoms with E-state index in [1.807, 2.05) is 24.3 Å². The molecule has 0 amide bonds. The predicted molar refractivity (Wildman–Crippen MR) is 75.4 cm³/mol. The number of rotatable bonds is 2. The maximum atomic E-state index is 8.77. The molecule has 0 aromatic heterocycles. The second-order valence-corrected chi connectivity index (χ2v) is 6.13. The summed E-state index contributed by atoms with van der Waals surface area (Å²) < 4.78 is 0. The minimum absolute atomic E-state index is 0.501. The normalized spacial score (nSPS) is 22.8. The molecule has 1 unspecified atom stereocenters. The fourth-order valence-electron chi connectivity index (χ4n) is 2.68. The van der Waals surface area contributed by atoms with Crippen molar-refractivity contribution in [2.75, 3.05) is 5.32 Å². The van der Waals surface area contributed by atoms with Gasteiger partial charge in [-0.2, -0.15) is 5.26 Å². The Bertz CT molecular complexity index is 425. The zero-order valence-corrected chi connectivity index (χ0v) is 11.4. The van der Waals surface area contributed by atoms with Gasteiger partial charge in [-0.25, -0.2) is 0 Å². The van der Waals surface area contributed by atoms with Gasteiger partial charge in [-0.15, -0.1) is 0 Å². The average Bonchev–Trinajstić information content (AvgIpc) is 2.52. The van der Waals surface area contributed by atoms with Crippen molar-refractivity contribution < 1.29 is 0 Å². The van der Waals surface area contributed by atoms with E-state index in [-0.39, 0.29) is 0 Å². The van der Waals surface area contributed by atoms with Gasteiger partial charge in [-0.3, -0.25) is 0 Å². The van der Waals surface area contributed by atoms with Crippen LogP contribution < -0.4 is 5.32 Å². The molecule has 1 atom stereocenters. The van der Waals surface area contributed by atoms with Crippen molar-refractivity contribution in [3.63, 3.8) is 0 Å². The van der Waals surface area contributed by atoms with Crippen LogP contribution in [-0.2, 0) is 0 Å². The number of nitriles is 1. The van der Waals surface area contributed by atoms with E-state index in [2.05, 4.69) is 25.2 Å². The van der Waals surface area contributed by atoms with Crippen LogP contribution in [0.5, 0.6) is 0 Å². The lowest BCUT2D eigenvalue weighted by atomic mass is 9.85. The molecule has 1 aromatic rings.